The van der Waals surface area contributed by atoms with E-state index in [4.69, 9.17) is 0 Å². The highest BCUT2D eigenvalue weighted by Gasteiger charge is 2.71. The van der Waals surface area contributed by atoms with Crippen molar-refractivity contribution in [2.24, 2.45) is 22.2 Å². The van der Waals surface area contributed by atoms with E-state index in [1.165, 1.54) is 6.92 Å². The highest BCUT2D eigenvalue weighted by Crippen LogP contribution is 2.66. The summed E-state index contributed by atoms with van der Waals surface area (Å²) < 4.78 is 0. The molecule has 0 amide bonds. The number of aliphatic hydroxyl groups is 1. The van der Waals surface area contributed by atoms with Gasteiger partial charge in [0.15, 0.2) is 17.3 Å². The van der Waals surface area contributed by atoms with Crippen LogP contribution in [0.25, 0.3) is 0 Å². The summed E-state index contributed by atoms with van der Waals surface area (Å²) in [6.45, 7) is 9.14. The maximum absolute atomic E-state index is 14.5. The molecule has 2 bridgehead atoms. The van der Waals surface area contributed by atoms with Gasteiger partial charge in [-0.2, -0.15) is 0 Å². The first kappa shape index (κ1) is 23.9. The van der Waals surface area contributed by atoms with Gasteiger partial charge in [0, 0.05) is 0 Å². The van der Waals surface area contributed by atoms with Crippen LogP contribution in [0.2, 0.25) is 0 Å². The number of Topliss-reactive ketones (excluding diaryl/α,β-unsaturated/α-hetero) is 3. The molecular formula is C30H32O4. The van der Waals surface area contributed by atoms with E-state index in [1.807, 2.05) is 74.5 Å². The molecule has 4 nitrogen and oxygen atoms in total. The number of benzene rings is 2. The number of ketones is 3. The Labute approximate surface area is 201 Å². The molecule has 0 aliphatic heterocycles. The topological polar surface area (TPSA) is 71.4 Å². The van der Waals surface area contributed by atoms with E-state index in [-0.39, 0.29) is 35.9 Å². The largest absolute Gasteiger partial charge is 0.510 e. The third-order valence-corrected chi connectivity index (χ3v) is 8.32. The zero-order valence-corrected chi connectivity index (χ0v) is 20.1. The number of hydrogen-bond acceptors (Lipinski definition) is 4. The van der Waals surface area contributed by atoms with Gasteiger partial charge in [-0.1, -0.05) is 80.6 Å². The summed E-state index contributed by atoms with van der Waals surface area (Å²) >= 11 is 0. The Hall–Kier alpha value is -3.27. The zero-order chi connectivity index (χ0) is 24.7. The number of rotatable bonds is 7. The molecule has 0 unspecified atom stereocenters. The number of aliphatic hydroxyl groups excluding tert-OH is 1. The van der Waals surface area contributed by atoms with E-state index in [0.29, 0.717) is 12.8 Å². The van der Waals surface area contributed by atoms with Gasteiger partial charge in [-0.05, 0) is 55.1 Å². The van der Waals surface area contributed by atoms with Crippen LogP contribution in [0.5, 0.6) is 0 Å². The van der Waals surface area contributed by atoms with Crippen molar-refractivity contribution in [3.8, 4) is 0 Å². The maximum atomic E-state index is 14.5. The molecule has 0 aromatic heterocycles. The van der Waals surface area contributed by atoms with Gasteiger partial charge in [-0.25, -0.2) is 0 Å². The summed E-state index contributed by atoms with van der Waals surface area (Å²) in [4.78, 5) is 41.2. The van der Waals surface area contributed by atoms with Gasteiger partial charge >= 0.3 is 0 Å². The van der Waals surface area contributed by atoms with Crippen molar-refractivity contribution in [1.29, 1.82) is 0 Å². The molecule has 0 heterocycles. The molecule has 4 rings (SSSR count). The quantitative estimate of drug-likeness (QED) is 0.333. The molecule has 0 radical (unpaired) electrons. The lowest BCUT2D eigenvalue weighted by atomic mass is 9.40. The van der Waals surface area contributed by atoms with Crippen molar-refractivity contribution in [3.63, 3.8) is 0 Å². The van der Waals surface area contributed by atoms with Crippen LogP contribution in [0, 0.1) is 22.2 Å². The standard InChI is InChI=1S/C30H32O4/c1-5-16-30-26(33)24(20(2)31)25(32)29(27(30)34,18-22-14-10-7-11-15-22)19-23(28(30,3)4)17-21-12-8-6-9-13-21/h5-15,23,33H,1,16-19H2,2-4H3/t23-,29-,30+/m1/s1. The van der Waals surface area contributed by atoms with E-state index < -0.39 is 27.8 Å². The normalized spacial score (nSPS) is 28.0. The van der Waals surface area contributed by atoms with Gasteiger partial charge in [-0.3, -0.25) is 14.4 Å². The van der Waals surface area contributed by atoms with Crippen LogP contribution in [0.4, 0.5) is 0 Å². The molecule has 2 aliphatic carbocycles. The minimum atomic E-state index is -1.41. The molecule has 1 saturated carbocycles. The van der Waals surface area contributed by atoms with Gasteiger partial charge in [0.25, 0.3) is 0 Å². The Morgan fingerprint density at radius 2 is 1.59 bits per heavy atom. The molecule has 0 saturated heterocycles. The summed E-state index contributed by atoms with van der Waals surface area (Å²) in [5.74, 6) is -1.79. The van der Waals surface area contributed by atoms with Crippen molar-refractivity contribution in [2.45, 2.75) is 46.5 Å². The minimum Gasteiger partial charge on any atom is -0.510 e. The fourth-order valence-electron chi connectivity index (χ4n) is 6.39. The lowest BCUT2D eigenvalue weighted by Gasteiger charge is -2.60. The monoisotopic (exact) mass is 456 g/mol. The summed E-state index contributed by atoms with van der Waals surface area (Å²) in [6.07, 6.45) is 2.98. The first-order valence-electron chi connectivity index (χ1n) is 11.8. The number of carbonyl (C=O) groups is 3. The maximum Gasteiger partial charge on any atom is 0.183 e. The fraction of sp³-hybridized carbons (Fsp3) is 0.367. The van der Waals surface area contributed by atoms with Gasteiger partial charge < -0.3 is 5.11 Å². The molecule has 3 atom stereocenters. The summed E-state index contributed by atoms with van der Waals surface area (Å²) in [5, 5.41) is 11.5. The summed E-state index contributed by atoms with van der Waals surface area (Å²) in [7, 11) is 0. The van der Waals surface area contributed by atoms with Gasteiger partial charge in [0.2, 0.25) is 0 Å². The highest BCUT2D eigenvalue weighted by atomic mass is 16.3. The molecule has 2 aliphatic rings. The first-order chi connectivity index (χ1) is 16.1. The second kappa shape index (κ2) is 8.50. The van der Waals surface area contributed by atoms with Crippen LogP contribution in [0.3, 0.4) is 0 Å². The van der Waals surface area contributed by atoms with Gasteiger partial charge in [0.1, 0.15) is 5.76 Å². The van der Waals surface area contributed by atoms with Gasteiger partial charge in [0.05, 0.1) is 16.4 Å². The summed E-state index contributed by atoms with van der Waals surface area (Å²) in [5.41, 5.74) is -1.77. The second-order valence-electron chi connectivity index (χ2n) is 10.4. The van der Waals surface area contributed by atoms with Crippen LogP contribution in [-0.4, -0.2) is 22.5 Å². The van der Waals surface area contributed by atoms with Gasteiger partial charge in [-0.15, -0.1) is 6.58 Å². The minimum absolute atomic E-state index is 0.0872. The lowest BCUT2D eigenvalue weighted by Crippen LogP contribution is -2.67. The van der Waals surface area contributed by atoms with Crippen molar-refractivity contribution >= 4 is 17.3 Å². The van der Waals surface area contributed by atoms with Crippen molar-refractivity contribution in [1.82, 2.24) is 0 Å². The molecular weight excluding hydrogens is 424 g/mol. The van der Waals surface area contributed by atoms with E-state index in [0.717, 1.165) is 11.1 Å². The van der Waals surface area contributed by atoms with Crippen LogP contribution >= 0.6 is 0 Å². The Morgan fingerprint density at radius 1 is 1.03 bits per heavy atom. The summed E-state index contributed by atoms with van der Waals surface area (Å²) in [6, 6.07) is 19.5. The van der Waals surface area contributed by atoms with Crippen LogP contribution in [0.15, 0.2) is 84.7 Å². The van der Waals surface area contributed by atoms with Crippen molar-refractivity contribution in [3.05, 3.63) is 95.8 Å². The Morgan fingerprint density at radius 3 is 2.12 bits per heavy atom. The average Bonchev–Trinajstić information content (AvgIpc) is 2.80. The molecule has 2 aromatic rings. The predicted octanol–water partition coefficient (Wildman–Crippen LogP) is 5.62. The van der Waals surface area contributed by atoms with Crippen molar-refractivity contribution in [2.75, 3.05) is 0 Å². The smallest absolute Gasteiger partial charge is 0.183 e. The molecule has 176 valence electrons. The van der Waals surface area contributed by atoms with Crippen molar-refractivity contribution < 1.29 is 19.5 Å². The van der Waals surface area contributed by atoms with Crippen LogP contribution in [0.1, 0.15) is 44.7 Å². The number of hydrogen-bond donors (Lipinski definition) is 1. The Kier molecular flexibility index (Phi) is 5.97. The molecule has 1 N–H and O–H groups in total. The van der Waals surface area contributed by atoms with E-state index >= 15 is 0 Å². The molecule has 0 spiro atoms. The molecule has 2 aromatic carbocycles. The average molecular weight is 457 g/mol. The lowest BCUT2D eigenvalue weighted by molar-refractivity contribution is -0.170. The second-order valence-corrected chi connectivity index (χ2v) is 10.4. The number of fused-ring (bicyclic) bond motifs is 2. The van der Waals surface area contributed by atoms with E-state index in [1.54, 1.807) is 6.08 Å². The molecule has 4 heteroatoms. The Balaban J connectivity index is 1.99. The highest BCUT2D eigenvalue weighted by molar-refractivity contribution is 6.31. The fourth-order valence-corrected chi connectivity index (χ4v) is 6.39. The predicted molar refractivity (Wildman–Crippen MR) is 132 cm³/mol. The molecule has 34 heavy (non-hydrogen) atoms. The molecule has 1 fully saturated rings. The van der Waals surface area contributed by atoms with Crippen LogP contribution < -0.4 is 0 Å². The van der Waals surface area contributed by atoms with E-state index in [2.05, 4.69) is 6.58 Å². The third-order valence-electron chi connectivity index (χ3n) is 8.32. The van der Waals surface area contributed by atoms with E-state index in [9.17, 15) is 19.5 Å². The zero-order valence-electron chi connectivity index (χ0n) is 20.1. The number of carbonyl (C=O) groups excluding carboxylic acids is 3. The third kappa shape index (κ3) is 3.31. The Bertz CT molecular complexity index is 1170. The number of allylic oxidation sites excluding steroid dienone is 3. The first-order valence-corrected chi connectivity index (χ1v) is 11.8. The SMILES string of the molecule is C=CC[C@]12C(=O)[C@](Cc3ccccc3)(C[C@@H](Cc3ccccc3)C1(C)C)C(=O)C(C(C)=O)=C2O. The van der Waals surface area contributed by atoms with Crippen LogP contribution in [-0.2, 0) is 27.2 Å².